The largest absolute Gasteiger partial charge is 0.394 e. The number of nitrogens with zero attached hydrogens (tertiary/aromatic N) is 3. The number of carbonyl (C=O) groups is 1. The second-order valence-corrected chi connectivity index (χ2v) is 10.1. The van der Waals surface area contributed by atoms with Crippen LogP contribution in [0.25, 0.3) is 0 Å². The summed E-state index contributed by atoms with van der Waals surface area (Å²) >= 11 is 0. The van der Waals surface area contributed by atoms with Gasteiger partial charge in [-0.25, -0.2) is 0 Å². The van der Waals surface area contributed by atoms with Crippen molar-refractivity contribution in [2.24, 2.45) is 11.3 Å². The summed E-state index contributed by atoms with van der Waals surface area (Å²) in [6, 6.07) is 9.42. The molecule has 33 heavy (non-hydrogen) atoms. The van der Waals surface area contributed by atoms with E-state index in [0.717, 1.165) is 10.5 Å². The third kappa shape index (κ3) is 4.04. The second kappa shape index (κ2) is 8.09. The second-order valence-electron chi connectivity index (χ2n) is 10.1. The molecule has 2 atom stereocenters. The number of rotatable bonds is 5. The van der Waals surface area contributed by atoms with Gasteiger partial charge in [0.15, 0.2) is 0 Å². The molecule has 2 aromatic rings. The molecule has 0 bridgehead atoms. The van der Waals surface area contributed by atoms with Crippen LogP contribution in [0.3, 0.4) is 0 Å². The van der Waals surface area contributed by atoms with Gasteiger partial charge in [-0.2, -0.15) is 13.2 Å². The highest BCUT2D eigenvalue weighted by Gasteiger charge is 2.55. The van der Waals surface area contributed by atoms with Gasteiger partial charge in [0.2, 0.25) is 5.91 Å². The summed E-state index contributed by atoms with van der Waals surface area (Å²) in [4.78, 5) is 19.9. The number of aliphatic hydroxyl groups is 1. The molecule has 2 saturated heterocycles. The number of benzene rings is 1. The molecule has 1 unspecified atom stereocenters. The van der Waals surface area contributed by atoms with E-state index in [1.54, 1.807) is 12.3 Å². The Morgan fingerprint density at radius 3 is 2.27 bits per heavy atom. The van der Waals surface area contributed by atoms with Crippen LogP contribution >= 0.6 is 0 Å². The van der Waals surface area contributed by atoms with Crippen molar-refractivity contribution in [3.05, 3.63) is 59.4 Å². The maximum absolute atomic E-state index is 13.2. The predicted molar refractivity (Wildman–Crippen MR) is 120 cm³/mol. The normalized spacial score (nSPS) is 23.0. The van der Waals surface area contributed by atoms with Gasteiger partial charge in [-0.3, -0.25) is 9.78 Å². The van der Waals surface area contributed by atoms with E-state index < -0.39 is 42.0 Å². The van der Waals surface area contributed by atoms with E-state index in [1.165, 1.54) is 6.20 Å². The van der Waals surface area contributed by atoms with E-state index in [-0.39, 0.29) is 5.69 Å². The van der Waals surface area contributed by atoms with Crippen LogP contribution in [0.1, 0.15) is 49.8 Å². The first kappa shape index (κ1) is 23.7. The fourth-order valence-corrected chi connectivity index (χ4v) is 5.30. The van der Waals surface area contributed by atoms with Crippen molar-refractivity contribution in [2.75, 3.05) is 31.6 Å². The van der Waals surface area contributed by atoms with Crippen LogP contribution < -0.4 is 4.90 Å². The van der Waals surface area contributed by atoms with Crippen molar-refractivity contribution < 1.29 is 23.1 Å². The summed E-state index contributed by atoms with van der Waals surface area (Å²) < 4.78 is 39.6. The zero-order valence-electron chi connectivity index (χ0n) is 19.4. The first-order chi connectivity index (χ1) is 15.3. The van der Waals surface area contributed by atoms with Gasteiger partial charge in [0.05, 0.1) is 17.8 Å². The van der Waals surface area contributed by atoms with E-state index in [1.807, 2.05) is 38.2 Å². The fraction of sp³-hybridized carbons (Fsp3) is 0.520. The Kier molecular flexibility index (Phi) is 5.81. The number of alkyl halides is 3. The molecule has 1 N–H and O–H groups in total. The molecule has 8 heteroatoms. The van der Waals surface area contributed by atoms with Gasteiger partial charge >= 0.3 is 6.18 Å². The highest BCUT2D eigenvalue weighted by Crippen LogP contribution is 2.50. The van der Waals surface area contributed by atoms with Crippen molar-refractivity contribution in [3.8, 4) is 0 Å². The third-order valence-electron chi connectivity index (χ3n) is 7.15. The molecule has 178 valence electrons. The highest BCUT2D eigenvalue weighted by atomic mass is 19.4. The zero-order valence-corrected chi connectivity index (χ0v) is 19.4. The van der Waals surface area contributed by atoms with E-state index in [9.17, 15) is 23.1 Å². The van der Waals surface area contributed by atoms with E-state index >= 15 is 0 Å². The molecule has 0 saturated carbocycles. The number of likely N-dealkylation sites (tertiary alicyclic amines) is 1. The Bertz CT molecular complexity index is 1030. The number of anilines is 1. The molecule has 1 aromatic carbocycles. The zero-order chi connectivity index (χ0) is 24.2. The van der Waals surface area contributed by atoms with Crippen LogP contribution in [0.15, 0.2) is 42.7 Å². The average Bonchev–Trinajstić information content (AvgIpc) is 3.14. The van der Waals surface area contributed by atoms with Crippen molar-refractivity contribution in [3.63, 3.8) is 0 Å². The summed E-state index contributed by atoms with van der Waals surface area (Å²) in [5, 5.41) is 12.2. The van der Waals surface area contributed by atoms with Crippen molar-refractivity contribution in [2.45, 2.75) is 44.9 Å². The molecule has 5 nitrogen and oxygen atoms in total. The van der Waals surface area contributed by atoms with Gasteiger partial charge < -0.3 is 14.9 Å². The Hall–Kier alpha value is -2.45. The summed E-state index contributed by atoms with van der Waals surface area (Å²) in [6.07, 6.45) is -2.07. The van der Waals surface area contributed by atoms with Crippen LogP contribution in [0.5, 0.6) is 0 Å². The first-order valence-corrected chi connectivity index (χ1v) is 11.2. The standard InChI is InChI=1S/C25H30F3N3O2/c1-16(2)17-5-7-18(8-6-17)24(33,23(3)14-30(4)15-23)19-9-21(12-29-11-19)31-13-20(10-22(31)32)25(26,27)28/h5-9,11-12,16,20,33H,10,13-15H2,1-4H3/t20?,24-/m0/s1. The van der Waals surface area contributed by atoms with Crippen molar-refractivity contribution in [1.82, 2.24) is 9.88 Å². The summed E-state index contributed by atoms with van der Waals surface area (Å²) in [7, 11) is 1.97. The molecule has 0 radical (unpaired) electrons. The van der Waals surface area contributed by atoms with Gasteiger partial charge in [-0.15, -0.1) is 0 Å². The molecule has 2 aliphatic heterocycles. The molecule has 4 rings (SSSR count). The molecule has 1 aromatic heterocycles. The van der Waals surface area contributed by atoms with Crippen molar-refractivity contribution >= 4 is 11.6 Å². The number of halogens is 3. The Morgan fingerprint density at radius 1 is 1.12 bits per heavy atom. The van der Waals surface area contributed by atoms with E-state index in [2.05, 4.69) is 23.7 Å². The van der Waals surface area contributed by atoms with Gasteiger partial charge in [0, 0.05) is 43.2 Å². The summed E-state index contributed by atoms with van der Waals surface area (Å²) in [5.74, 6) is -1.95. The fourth-order valence-electron chi connectivity index (χ4n) is 5.30. The number of hydrogen-bond donors (Lipinski definition) is 1. The smallest absolute Gasteiger partial charge is 0.380 e. The van der Waals surface area contributed by atoms with Crippen molar-refractivity contribution in [1.29, 1.82) is 0 Å². The quantitative estimate of drug-likeness (QED) is 0.721. The SMILES string of the molecule is CC(C)c1ccc([C@](O)(c2cncc(N3CC(C(F)(F)F)CC3=O)c2)C2(C)CN(C)C2)cc1. The predicted octanol–water partition coefficient (Wildman–Crippen LogP) is 4.31. The molecule has 2 fully saturated rings. The van der Waals surface area contributed by atoms with Crippen LogP contribution in [-0.4, -0.2) is 53.8 Å². The minimum Gasteiger partial charge on any atom is -0.380 e. The maximum Gasteiger partial charge on any atom is 0.394 e. The topological polar surface area (TPSA) is 56.7 Å². The lowest BCUT2D eigenvalue weighted by Gasteiger charge is -2.56. The highest BCUT2D eigenvalue weighted by molar-refractivity contribution is 5.95. The molecule has 2 aliphatic rings. The lowest BCUT2D eigenvalue weighted by Crippen LogP contribution is -2.63. The lowest BCUT2D eigenvalue weighted by atomic mass is 9.62. The molecule has 0 spiro atoms. The maximum atomic E-state index is 13.2. The van der Waals surface area contributed by atoms with E-state index in [4.69, 9.17) is 0 Å². The monoisotopic (exact) mass is 461 g/mol. The minimum absolute atomic E-state index is 0.276. The Labute approximate surface area is 192 Å². The summed E-state index contributed by atoms with van der Waals surface area (Å²) in [6.45, 7) is 7.03. The van der Waals surface area contributed by atoms with Gasteiger partial charge in [0.1, 0.15) is 5.60 Å². The molecular formula is C25H30F3N3O2. The molecule has 1 amide bonds. The van der Waals surface area contributed by atoms with Crippen LogP contribution in [0, 0.1) is 11.3 Å². The Morgan fingerprint density at radius 2 is 1.76 bits per heavy atom. The number of hydrogen-bond acceptors (Lipinski definition) is 4. The first-order valence-electron chi connectivity index (χ1n) is 11.2. The molecular weight excluding hydrogens is 431 g/mol. The van der Waals surface area contributed by atoms with Crippen LogP contribution in [0.2, 0.25) is 0 Å². The van der Waals surface area contributed by atoms with E-state index in [0.29, 0.717) is 30.1 Å². The number of amides is 1. The van der Waals surface area contributed by atoms with Gasteiger partial charge in [-0.05, 0) is 30.2 Å². The van der Waals surface area contributed by atoms with Crippen LogP contribution in [-0.2, 0) is 10.4 Å². The lowest BCUT2D eigenvalue weighted by molar-refractivity contribution is -0.169. The average molecular weight is 462 g/mol. The Balaban J connectivity index is 1.76. The number of carbonyl (C=O) groups excluding carboxylic acids is 1. The van der Waals surface area contributed by atoms with Crippen LogP contribution in [0.4, 0.5) is 18.9 Å². The summed E-state index contributed by atoms with van der Waals surface area (Å²) in [5.41, 5.74) is 0.621. The molecule has 3 heterocycles. The molecule has 0 aliphatic carbocycles. The number of aromatic nitrogens is 1. The minimum atomic E-state index is -4.43. The van der Waals surface area contributed by atoms with Gasteiger partial charge in [0.25, 0.3) is 0 Å². The third-order valence-corrected chi connectivity index (χ3v) is 7.15. The van der Waals surface area contributed by atoms with Gasteiger partial charge in [-0.1, -0.05) is 45.0 Å². The number of pyridine rings is 1.